The van der Waals surface area contributed by atoms with Crippen LogP contribution in [0.5, 0.6) is 0 Å². The van der Waals surface area contributed by atoms with E-state index in [4.69, 9.17) is 0 Å². The molecule has 2 aliphatic rings. The Morgan fingerprint density at radius 3 is 2.58 bits per heavy atom. The summed E-state index contributed by atoms with van der Waals surface area (Å²) in [6.07, 6.45) is 1.44. The lowest BCUT2D eigenvalue weighted by Crippen LogP contribution is -2.46. The van der Waals surface area contributed by atoms with Crippen LogP contribution in [0.1, 0.15) is 33.6 Å². The molecule has 0 radical (unpaired) electrons. The van der Waals surface area contributed by atoms with E-state index in [0.717, 1.165) is 10.9 Å². The van der Waals surface area contributed by atoms with Crippen molar-refractivity contribution in [1.82, 2.24) is 4.90 Å². The first-order chi connectivity index (χ1) is 12.6. The zero-order chi connectivity index (χ0) is 18.3. The van der Waals surface area contributed by atoms with Crippen molar-refractivity contribution in [2.24, 2.45) is 0 Å². The van der Waals surface area contributed by atoms with Gasteiger partial charge < -0.3 is 9.80 Å². The highest BCUT2D eigenvalue weighted by Gasteiger charge is 2.42. The Morgan fingerprint density at radius 1 is 1.08 bits per heavy atom. The second-order valence-electron chi connectivity index (χ2n) is 6.53. The molecule has 2 heterocycles. The van der Waals surface area contributed by atoms with Gasteiger partial charge in [-0.3, -0.25) is 14.4 Å². The van der Waals surface area contributed by atoms with Gasteiger partial charge in [-0.05, 0) is 37.1 Å². The van der Waals surface area contributed by atoms with E-state index in [-0.39, 0.29) is 24.1 Å². The number of anilines is 1. The number of ketones is 1. The zero-order valence-electron chi connectivity index (χ0n) is 14.0. The number of hydrogen-bond acceptors (Lipinski definition) is 3. The van der Waals surface area contributed by atoms with Gasteiger partial charge in [-0.25, -0.2) is 0 Å². The second-order valence-corrected chi connectivity index (χ2v) is 7.44. The summed E-state index contributed by atoms with van der Waals surface area (Å²) in [6.45, 7) is 0.507. The fraction of sp³-hybridized carbons (Fsp3) is 0.250. The number of nitrogens with zero attached hydrogens (tertiary/aromatic N) is 2. The van der Waals surface area contributed by atoms with Gasteiger partial charge >= 0.3 is 0 Å². The third-order valence-electron chi connectivity index (χ3n) is 4.96. The first-order valence-corrected chi connectivity index (χ1v) is 9.36. The molecule has 6 heteroatoms. The number of benzene rings is 2. The normalized spacial score (nSPS) is 19.2. The van der Waals surface area contributed by atoms with Gasteiger partial charge in [-0.15, -0.1) is 0 Å². The Kier molecular flexibility index (Phi) is 4.36. The average molecular weight is 413 g/mol. The van der Waals surface area contributed by atoms with Gasteiger partial charge in [0.2, 0.25) is 5.91 Å². The van der Waals surface area contributed by atoms with Crippen LogP contribution < -0.4 is 4.90 Å². The van der Waals surface area contributed by atoms with E-state index < -0.39 is 6.04 Å². The van der Waals surface area contributed by atoms with Crippen LogP contribution in [0.4, 0.5) is 5.69 Å². The quantitative estimate of drug-likeness (QED) is 0.726. The number of Topliss-reactive ketones (excluding diaryl/α,β-unsaturated/α-hetero) is 1. The minimum Gasteiger partial charge on any atom is -0.327 e. The predicted molar refractivity (Wildman–Crippen MR) is 101 cm³/mol. The Balaban J connectivity index is 1.72. The molecule has 0 aromatic heterocycles. The molecule has 26 heavy (non-hydrogen) atoms. The van der Waals surface area contributed by atoms with Crippen molar-refractivity contribution in [2.75, 3.05) is 18.0 Å². The number of para-hydroxylation sites is 1. The van der Waals surface area contributed by atoms with Crippen molar-refractivity contribution < 1.29 is 14.4 Å². The van der Waals surface area contributed by atoms with E-state index in [0.29, 0.717) is 29.8 Å². The molecule has 0 spiro atoms. The first kappa shape index (κ1) is 17.0. The second kappa shape index (κ2) is 6.68. The molecule has 1 fully saturated rings. The largest absolute Gasteiger partial charge is 0.327 e. The van der Waals surface area contributed by atoms with Gasteiger partial charge in [-0.1, -0.05) is 40.2 Å². The maximum atomic E-state index is 13.1. The lowest BCUT2D eigenvalue weighted by atomic mass is 10.1. The fourth-order valence-corrected chi connectivity index (χ4v) is 3.91. The summed E-state index contributed by atoms with van der Waals surface area (Å²) in [5.74, 6) is -0.458. The lowest BCUT2D eigenvalue weighted by molar-refractivity contribution is -0.122. The van der Waals surface area contributed by atoms with Gasteiger partial charge in [0, 0.05) is 16.6 Å². The minimum atomic E-state index is -0.479. The van der Waals surface area contributed by atoms with Crippen molar-refractivity contribution in [1.29, 1.82) is 0 Å². The molecule has 0 aliphatic carbocycles. The summed E-state index contributed by atoms with van der Waals surface area (Å²) < 4.78 is 0.887. The van der Waals surface area contributed by atoms with Crippen LogP contribution in [0.25, 0.3) is 0 Å². The number of rotatable bonds is 3. The molecule has 0 unspecified atom stereocenters. The molecule has 1 saturated heterocycles. The van der Waals surface area contributed by atoms with Gasteiger partial charge in [0.05, 0.1) is 17.8 Å². The first-order valence-electron chi connectivity index (χ1n) is 8.56. The molecular formula is C20H17BrN2O3. The lowest BCUT2D eigenvalue weighted by Gasteiger charge is -2.25. The Labute approximate surface area is 159 Å². The van der Waals surface area contributed by atoms with Crippen molar-refractivity contribution in [3.8, 4) is 0 Å². The average Bonchev–Trinajstić information content (AvgIpc) is 3.12. The molecule has 0 bridgehead atoms. The van der Waals surface area contributed by atoms with Crippen molar-refractivity contribution in [3.05, 3.63) is 64.1 Å². The SMILES string of the molecule is O=C(CN1C(=O)[C@@H]2CCCN2C(=O)c2ccccc21)c1ccc(Br)cc1. The van der Waals surface area contributed by atoms with Gasteiger partial charge in [0.25, 0.3) is 5.91 Å². The van der Waals surface area contributed by atoms with Crippen LogP contribution in [0.3, 0.4) is 0 Å². The molecule has 2 amide bonds. The standard InChI is InChI=1S/C20H17BrN2O3/c21-14-9-7-13(8-10-14)18(24)12-23-16-5-2-1-4-15(16)19(25)22-11-3-6-17(22)20(23)26/h1-2,4-5,7-10,17H,3,6,11-12H2/t17-/m0/s1. The number of halogens is 1. The summed E-state index contributed by atoms with van der Waals surface area (Å²) in [4.78, 5) is 41.9. The Hall–Kier alpha value is -2.47. The van der Waals surface area contributed by atoms with Crippen LogP contribution in [0, 0.1) is 0 Å². The highest BCUT2D eigenvalue weighted by molar-refractivity contribution is 9.10. The van der Waals surface area contributed by atoms with Gasteiger partial charge in [-0.2, -0.15) is 0 Å². The van der Waals surface area contributed by atoms with Crippen LogP contribution in [0.15, 0.2) is 53.0 Å². The molecule has 2 aliphatic heterocycles. The maximum Gasteiger partial charge on any atom is 0.256 e. The molecule has 1 atom stereocenters. The summed E-state index contributed by atoms with van der Waals surface area (Å²) in [6, 6.07) is 13.6. The molecule has 0 N–H and O–H groups in total. The molecular weight excluding hydrogens is 396 g/mol. The third kappa shape index (κ3) is 2.84. The van der Waals surface area contributed by atoms with Crippen LogP contribution in [0.2, 0.25) is 0 Å². The van der Waals surface area contributed by atoms with E-state index in [1.807, 2.05) is 0 Å². The summed E-state index contributed by atoms with van der Waals surface area (Å²) in [7, 11) is 0. The van der Waals surface area contributed by atoms with E-state index in [1.54, 1.807) is 53.4 Å². The zero-order valence-corrected chi connectivity index (χ0v) is 15.6. The molecule has 5 nitrogen and oxygen atoms in total. The number of fused-ring (bicyclic) bond motifs is 2. The highest BCUT2D eigenvalue weighted by Crippen LogP contribution is 2.32. The molecule has 2 aromatic carbocycles. The Bertz CT molecular complexity index is 894. The number of amides is 2. The number of carbonyl (C=O) groups excluding carboxylic acids is 3. The van der Waals surface area contributed by atoms with Crippen LogP contribution >= 0.6 is 15.9 Å². The molecule has 4 rings (SSSR count). The smallest absolute Gasteiger partial charge is 0.256 e. The van der Waals surface area contributed by atoms with Crippen LogP contribution in [-0.2, 0) is 4.79 Å². The summed E-state index contributed by atoms with van der Waals surface area (Å²) in [5, 5.41) is 0. The predicted octanol–water partition coefficient (Wildman–Crippen LogP) is 3.28. The summed E-state index contributed by atoms with van der Waals surface area (Å²) >= 11 is 3.35. The number of carbonyl (C=O) groups is 3. The van der Waals surface area contributed by atoms with E-state index >= 15 is 0 Å². The van der Waals surface area contributed by atoms with E-state index in [1.165, 1.54) is 4.90 Å². The van der Waals surface area contributed by atoms with Gasteiger partial charge in [0.1, 0.15) is 6.04 Å². The highest BCUT2D eigenvalue weighted by atomic mass is 79.9. The van der Waals surface area contributed by atoms with Crippen LogP contribution in [-0.4, -0.2) is 41.6 Å². The molecule has 132 valence electrons. The molecule has 2 aromatic rings. The fourth-order valence-electron chi connectivity index (χ4n) is 3.64. The third-order valence-corrected chi connectivity index (χ3v) is 5.49. The topological polar surface area (TPSA) is 57.7 Å². The molecule has 0 saturated carbocycles. The number of hydrogen-bond donors (Lipinski definition) is 0. The summed E-state index contributed by atoms with van der Waals surface area (Å²) in [5.41, 5.74) is 1.54. The maximum absolute atomic E-state index is 13.1. The minimum absolute atomic E-state index is 0.0743. The monoisotopic (exact) mass is 412 g/mol. The van der Waals surface area contributed by atoms with Crippen molar-refractivity contribution in [3.63, 3.8) is 0 Å². The van der Waals surface area contributed by atoms with Crippen molar-refractivity contribution >= 4 is 39.2 Å². The van der Waals surface area contributed by atoms with Crippen molar-refractivity contribution in [2.45, 2.75) is 18.9 Å². The Morgan fingerprint density at radius 2 is 1.81 bits per heavy atom. The van der Waals surface area contributed by atoms with Gasteiger partial charge in [0.15, 0.2) is 5.78 Å². The van der Waals surface area contributed by atoms with E-state index in [9.17, 15) is 14.4 Å². The van der Waals surface area contributed by atoms with E-state index in [2.05, 4.69) is 15.9 Å².